The minimum atomic E-state index is -0.854. The molecule has 0 amide bonds. The number of aromatic nitrogens is 1. The fourth-order valence-corrected chi connectivity index (χ4v) is 4.18. The molecule has 182 valence electrons. The van der Waals surface area contributed by atoms with Crippen LogP contribution in [0.15, 0.2) is 71.0 Å². The molecule has 0 saturated heterocycles. The molecule has 2 N–H and O–H groups in total. The van der Waals surface area contributed by atoms with Crippen LogP contribution in [0.1, 0.15) is 73.1 Å². The minimum absolute atomic E-state index is 0.496. The van der Waals surface area contributed by atoms with Crippen LogP contribution < -0.4 is 5.32 Å². The molecule has 0 aliphatic heterocycles. The summed E-state index contributed by atoms with van der Waals surface area (Å²) >= 11 is 1.62. The number of carbonyl (C=O) groups is 1. The van der Waals surface area contributed by atoms with Gasteiger partial charge in [0, 0.05) is 17.7 Å². The third-order valence-corrected chi connectivity index (χ3v) is 6.24. The highest BCUT2D eigenvalue weighted by Crippen LogP contribution is 2.15. The Balaban J connectivity index is 2.27. The van der Waals surface area contributed by atoms with Crippen LogP contribution in [-0.4, -0.2) is 33.6 Å². The SMILES string of the molecule is CC(C)=CCC/C(C)=C/CC/C(C)=C/CC/C(C)=C/CSCC(Nc1ccccn1)C(=O)O. The van der Waals surface area contributed by atoms with Gasteiger partial charge in [-0.15, -0.1) is 0 Å². The molecule has 4 nitrogen and oxygen atoms in total. The lowest BCUT2D eigenvalue weighted by Gasteiger charge is -2.14. The maximum atomic E-state index is 11.5. The van der Waals surface area contributed by atoms with Gasteiger partial charge in [-0.25, -0.2) is 9.78 Å². The quantitative estimate of drug-likeness (QED) is 0.190. The third kappa shape index (κ3) is 15.2. The smallest absolute Gasteiger partial charge is 0.327 e. The molecule has 0 aliphatic rings. The van der Waals surface area contributed by atoms with Crippen LogP contribution in [0.2, 0.25) is 0 Å². The number of thioether (sulfide) groups is 1. The summed E-state index contributed by atoms with van der Waals surface area (Å²) in [6.45, 7) is 10.9. The lowest BCUT2D eigenvalue weighted by Crippen LogP contribution is -2.32. The fourth-order valence-electron chi connectivity index (χ4n) is 3.18. The third-order valence-electron chi connectivity index (χ3n) is 5.27. The fraction of sp³-hybridized carbons (Fsp3) is 0.500. The molecular formula is C28H42N2O2S. The Bertz CT molecular complexity index is 822. The molecule has 0 bridgehead atoms. The monoisotopic (exact) mass is 470 g/mol. The zero-order valence-electron chi connectivity index (χ0n) is 21.1. The Labute approximate surface area is 205 Å². The molecule has 1 heterocycles. The summed E-state index contributed by atoms with van der Waals surface area (Å²) < 4.78 is 0. The van der Waals surface area contributed by atoms with Gasteiger partial charge < -0.3 is 10.4 Å². The van der Waals surface area contributed by atoms with Crippen LogP contribution in [0.3, 0.4) is 0 Å². The maximum absolute atomic E-state index is 11.5. The lowest BCUT2D eigenvalue weighted by molar-refractivity contribution is -0.137. The standard InChI is InChI=1S/C28H42N2O2S/c1-22(2)11-8-12-23(3)13-9-14-24(4)15-10-16-25(5)18-20-33-21-26(28(31)32)30-27-17-6-7-19-29-27/h6-7,11,13,15,17-19,26H,8-10,12,14,16,20-21H2,1-5H3,(H,29,30)(H,31,32)/b23-13+,24-15+,25-18+. The van der Waals surface area contributed by atoms with E-state index < -0.39 is 12.0 Å². The van der Waals surface area contributed by atoms with E-state index in [9.17, 15) is 9.90 Å². The molecule has 1 aromatic rings. The van der Waals surface area contributed by atoms with Gasteiger partial charge in [-0.3, -0.25) is 0 Å². The molecule has 0 radical (unpaired) electrons. The normalized spacial score (nSPS) is 13.5. The number of carboxylic acid groups (broad SMARTS) is 1. The van der Waals surface area contributed by atoms with Gasteiger partial charge in [0.15, 0.2) is 0 Å². The average molecular weight is 471 g/mol. The van der Waals surface area contributed by atoms with E-state index >= 15 is 0 Å². The molecule has 0 aliphatic carbocycles. The van der Waals surface area contributed by atoms with E-state index in [-0.39, 0.29) is 0 Å². The van der Waals surface area contributed by atoms with Gasteiger partial charge in [-0.05, 0) is 85.3 Å². The molecule has 0 saturated carbocycles. The number of rotatable bonds is 16. The Hall–Kier alpha value is -2.27. The van der Waals surface area contributed by atoms with Crippen LogP contribution in [0.4, 0.5) is 5.82 Å². The van der Waals surface area contributed by atoms with Gasteiger partial charge in [-0.2, -0.15) is 11.8 Å². The first kappa shape index (κ1) is 28.8. The molecule has 1 atom stereocenters. The Kier molecular flexibility index (Phi) is 15.0. The zero-order valence-corrected chi connectivity index (χ0v) is 21.9. The highest BCUT2D eigenvalue weighted by atomic mass is 32.2. The molecule has 0 spiro atoms. The first-order valence-electron chi connectivity index (χ1n) is 11.9. The lowest BCUT2D eigenvalue weighted by atomic mass is 10.0. The first-order valence-corrected chi connectivity index (χ1v) is 13.0. The van der Waals surface area contributed by atoms with Crippen molar-refractivity contribution in [1.29, 1.82) is 0 Å². The van der Waals surface area contributed by atoms with E-state index in [0.717, 1.165) is 44.3 Å². The molecular weight excluding hydrogens is 428 g/mol. The van der Waals surface area contributed by atoms with Crippen LogP contribution in [0.25, 0.3) is 0 Å². The predicted octanol–water partition coefficient (Wildman–Crippen LogP) is 7.83. The molecule has 1 unspecified atom stereocenters. The summed E-state index contributed by atoms with van der Waals surface area (Å²) in [5, 5.41) is 12.4. The number of nitrogens with one attached hydrogen (secondary N) is 1. The van der Waals surface area contributed by atoms with Crippen molar-refractivity contribution < 1.29 is 9.90 Å². The average Bonchev–Trinajstić information content (AvgIpc) is 2.76. The van der Waals surface area contributed by atoms with Gasteiger partial charge in [-0.1, -0.05) is 52.7 Å². The Morgan fingerprint density at radius 1 is 0.939 bits per heavy atom. The summed E-state index contributed by atoms with van der Waals surface area (Å²) in [7, 11) is 0. The van der Waals surface area contributed by atoms with Crippen LogP contribution in [0, 0.1) is 0 Å². The van der Waals surface area contributed by atoms with Crippen molar-refractivity contribution in [2.45, 2.75) is 79.2 Å². The number of carboxylic acids is 1. The highest BCUT2D eigenvalue weighted by Gasteiger charge is 2.17. The summed E-state index contributed by atoms with van der Waals surface area (Å²) in [5.74, 6) is 1.05. The minimum Gasteiger partial charge on any atom is -0.480 e. The van der Waals surface area contributed by atoms with E-state index in [1.165, 1.54) is 22.3 Å². The van der Waals surface area contributed by atoms with Crippen molar-refractivity contribution in [2.75, 3.05) is 16.8 Å². The number of pyridine rings is 1. The summed E-state index contributed by atoms with van der Waals surface area (Å²) in [6, 6.07) is 4.79. The van der Waals surface area contributed by atoms with Crippen molar-refractivity contribution in [3.05, 3.63) is 71.0 Å². The summed E-state index contributed by atoms with van der Waals surface area (Å²) in [6.07, 6.45) is 17.5. The van der Waals surface area contributed by atoms with Crippen LogP contribution in [0.5, 0.6) is 0 Å². The van der Waals surface area contributed by atoms with E-state index in [1.54, 1.807) is 24.0 Å². The maximum Gasteiger partial charge on any atom is 0.327 e. The van der Waals surface area contributed by atoms with E-state index in [0.29, 0.717) is 11.6 Å². The zero-order chi connectivity index (χ0) is 24.5. The predicted molar refractivity (Wildman–Crippen MR) is 145 cm³/mol. The van der Waals surface area contributed by atoms with Crippen molar-refractivity contribution in [3.8, 4) is 0 Å². The van der Waals surface area contributed by atoms with Gasteiger partial charge in [0.2, 0.25) is 0 Å². The molecule has 5 heteroatoms. The highest BCUT2D eigenvalue weighted by molar-refractivity contribution is 7.99. The van der Waals surface area contributed by atoms with Gasteiger partial charge in [0.1, 0.15) is 11.9 Å². The molecule has 1 aromatic heterocycles. The largest absolute Gasteiger partial charge is 0.480 e. The first-order chi connectivity index (χ1) is 15.8. The van der Waals surface area contributed by atoms with Crippen molar-refractivity contribution in [3.63, 3.8) is 0 Å². The molecule has 0 fully saturated rings. The summed E-state index contributed by atoms with van der Waals surface area (Å²) in [4.78, 5) is 15.6. The number of hydrogen-bond acceptors (Lipinski definition) is 4. The van der Waals surface area contributed by atoms with Crippen molar-refractivity contribution in [1.82, 2.24) is 4.98 Å². The molecule has 1 rings (SSSR count). The Morgan fingerprint density at radius 2 is 1.52 bits per heavy atom. The number of hydrogen-bond donors (Lipinski definition) is 2. The number of allylic oxidation sites excluding steroid dienone is 7. The van der Waals surface area contributed by atoms with Gasteiger partial charge >= 0.3 is 5.97 Å². The van der Waals surface area contributed by atoms with E-state index in [4.69, 9.17) is 0 Å². The number of aliphatic carboxylic acids is 1. The second kappa shape index (κ2) is 17.2. The van der Waals surface area contributed by atoms with Crippen LogP contribution >= 0.6 is 11.8 Å². The van der Waals surface area contributed by atoms with Gasteiger partial charge in [0.05, 0.1) is 0 Å². The number of nitrogens with zero attached hydrogens (tertiary/aromatic N) is 1. The molecule has 33 heavy (non-hydrogen) atoms. The topological polar surface area (TPSA) is 62.2 Å². The second-order valence-corrected chi connectivity index (χ2v) is 9.91. The second-order valence-electron chi connectivity index (χ2n) is 8.84. The van der Waals surface area contributed by atoms with Crippen LogP contribution in [-0.2, 0) is 4.79 Å². The van der Waals surface area contributed by atoms with Gasteiger partial charge in [0.25, 0.3) is 0 Å². The Morgan fingerprint density at radius 3 is 2.03 bits per heavy atom. The van der Waals surface area contributed by atoms with Crippen molar-refractivity contribution in [2.24, 2.45) is 0 Å². The van der Waals surface area contributed by atoms with E-state index in [1.807, 2.05) is 12.1 Å². The van der Waals surface area contributed by atoms with Crippen molar-refractivity contribution >= 4 is 23.5 Å². The molecule has 0 aromatic carbocycles. The van der Waals surface area contributed by atoms with E-state index in [2.05, 4.69) is 69.2 Å². The summed E-state index contributed by atoms with van der Waals surface area (Å²) in [5.41, 5.74) is 5.69. The number of anilines is 1.